The lowest BCUT2D eigenvalue weighted by Gasteiger charge is -2.45. The lowest BCUT2D eigenvalue weighted by molar-refractivity contribution is 0.0747. The molecule has 6 aromatic carbocycles. The van der Waals surface area contributed by atoms with Crippen LogP contribution in [0.4, 0.5) is 0 Å². The molecule has 0 amide bonds. The van der Waals surface area contributed by atoms with E-state index in [0.717, 1.165) is 37.9 Å². The molecule has 0 radical (unpaired) electrons. The van der Waals surface area contributed by atoms with Gasteiger partial charge < -0.3 is 10.2 Å². The molecular formula is C38H27BrO2. The van der Waals surface area contributed by atoms with Crippen LogP contribution in [0.3, 0.4) is 0 Å². The highest BCUT2D eigenvalue weighted by Crippen LogP contribution is 2.53. The van der Waals surface area contributed by atoms with Crippen molar-refractivity contribution in [2.24, 2.45) is 0 Å². The number of aliphatic hydroxyl groups is 2. The van der Waals surface area contributed by atoms with Crippen LogP contribution < -0.4 is 0 Å². The molecule has 0 aromatic heterocycles. The van der Waals surface area contributed by atoms with Gasteiger partial charge >= 0.3 is 0 Å². The summed E-state index contributed by atoms with van der Waals surface area (Å²) in [6.45, 7) is 0. The summed E-state index contributed by atoms with van der Waals surface area (Å²) in [5, 5.41) is 25.5. The SMILES string of the molecule is OC1(c2ccc(-c3ccccc3)cc2)c2ccccc2C(O)(c2ccc(-c3ccccc3)cc2)c2cc(Br)ccc21. The Morgan fingerprint density at radius 1 is 0.366 bits per heavy atom. The molecular weight excluding hydrogens is 568 g/mol. The summed E-state index contributed by atoms with van der Waals surface area (Å²) in [5.74, 6) is 0. The van der Waals surface area contributed by atoms with Crippen molar-refractivity contribution >= 4 is 15.9 Å². The molecule has 6 aromatic rings. The normalized spacial score (nSPS) is 19.3. The van der Waals surface area contributed by atoms with Gasteiger partial charge in [0.1, 0.15) is 11.2 Å². The molecule has 2 nitrogen and oxygen atoms in total. The maximum absolute atomic E-state index is 12.8. The van der Waals surface area contributed by atoms with Gasteiger partial charge in [0.25, 0.3) is 0 Å². The van der Waals surface area contributed by atoms with Crippen LogP contribution in [0.2, 0.25) is 0 Å². The van der Waals surface area contributed by atoms with Gasteiger partial charge in [0.2, 0.25) is 0 Å². The quantitative estimate of drug-likeness (QED) is 0.214. The molecule has 7 rings (SSSR count). The summed E-state index contributed by atoms with van der Waals surface area (Å²) in [6, 6.07) is 50.0. The topological polar surface area (TPSA) is 40.5 Å². The molecule has 1 aliphatic rings. The van der Waals surface area contributed by atoms with Gasteiger partial charge in [-0.3, -0.25) is 0 Å². The summed E-state index contributed by atoms with van der Waals surface area (Å²) in [6.07, 6.45) is 0. The van der Waals surface area contributed by atoms with Crippen molar-refractivity contribution in [3.63, 3.8) is 0 Å². The maximum Gasteiger partial charge on any atom is 0.141 e. The van der Waals surface area contributed by atoms with Crippen molar-refractivity contribution in [3.05, 3.63) is 190 Å². The second kappa shape index (κ2) is 9.97. The minimum Gasteiger partial charge on any atom is -0.376 e. The van der Waals surface area contributed by atoms with Gasteiger partial charge in [0.15, 0.2) is 0 Å². The van der Waals surface area contributed by atoms with E-state index in [4.69, 9.17) is 0 Å². The highest BCUT2D eigenvalue weighted by atomic mass is 79.9. The zero-order chi connectivity index (χ0) is 28.0. The first-order chi connectivity index (χ1) is 20.0. The second-order valence-electron chi connectivity index (χ2n) is 10.5. The van der Waals surface area contributed by atoms with Crippen LogP contribution in [0.1, 0.15) is 33.4 Å². The number of hydrogen-bond donors (Lipinski definition) is 2. The van der Waals surface area contributed by atoms with Crippen molar-refractivity contribution in [2.45, 2.75) is 11.2 Å². The first kappa shape index (κ1) is 25.7. The molecule has 198 valence electrons. The van der Waals surface area contributed by atoms with E-state index in [1.807, 2.05) is 127 Å². The molecule has 0 saturated heterocycles. The molecule has 3 heteroatoms. The highest BCUT2D eigenvalue weighted by Gasteiger charge is 2.50. The first-order valence-electron chi connectivity index (χ1n) is 13.7. The fourth-order valence-electron chi connectivity index (χ4n) is 6.23. The highest BCUT2D eigenvalue weighted by molar-refractivity contribution is 9.10. The van der Waals surface area contributed by atoms with Crippen molar-refractivity contribution in [2.75, 3.05) is 0 Å². The molecule has 0 bridgehead atoms. The molecule has 1 aliphatic carbocycles. The van der Waals surface area contributed by atoms with E-state index in [0.29, 0.717) is 22.3 Å². The van der Waals surface area contributed by atoms with Crippen LogP contribution in [0.15, 0.2) is 156 Å². The number of halogens is 1. The monoisotopic (exact) mass is 594 g/mol. The third kappa shape index (κ3) is 4.08. The van der Waals surface area contributed by atoms with Crippen LogP contribution in [0.25, 0.3) is 22.3 Å². The van der Waals surface area contributed by atoms with Crippen molar-refractivity contribution < 1.29 is 10.2 Å². The van der Waals surface area contributed by atoms with E-state index < -0.39 is 11.2 Å². The molecule has 0 heterocycles. The Hall–Kier alpha value is -4.28. The van der Waals surface area contributed by atoms with E-state index in [1.165, 1.54) is 0 Å². The fourth-order valence-corrected chi connectivity index (χ4v) is 6.59. The van der Waals surface area contributed by atoms with E-state index in [2.05, 4.69) is 40.2 Å². The smallest absolute Gasteiger partial charge is 0.141 e. The first-order valence-corrected chi connectivity index (χ1v) is 14.5. The number of benzene rings is 6. The van der Waals surface area contributed by atoms with Crippen molar-refractivity contribution in [1.82, 2.24) is 0 Å². The Labute approximate surface area is 248 Å². The van der Waals surface area contributed by atoms with Gasteiger partial charge in [-0.05, 0) is 62.2 Å². The predicted octanol–water partition coefficient (Wildman–Crippen LogP) is 8.66. The summed E-state index contributed by atoms with van der Waals surface area (Å²) in [5.41, 5.74) is 5.57. The Morgan fingerprint density at radius 2 is 0.732 bits per heavy atom. The maximum atomic E-state index is 12.8. The zero-order valence-electron chi connectivity index (χ0n) is 22.2. The van der Waals surface area contributed by atoms with E-state index in [9.17, 15) is 10.2 Å². The van der Waals surface area contributed by atoms with E-state index in [-0.39, 0.29) is 0 Å². The zero-order valence-corrected chi connectivity index (χ0v) is 23.8. The predicted molar refractivity (Wildman–Crippen MR) is 169 cm³/mol. The fraction of sp³-hybridized carbons (Fsp3) is 0.0526. The van der Waals surface area contributed by atoms with Crippen LogP contribution in [0.5, 0.6) is 0 Å². The van der Waals surface area contributed by atoms with Crippen molar-refractivity contribution in [3.8, 4) is 22.3 Å². The summed E-state index contributed by atoms with van der Waals surface area (Å²) in [7, 11) is 0. The molecule has 2 unspecified atom stereocenters. The molecule has 41 heavy (non-hydrogen) atoms. The van der Waals surface area contributed by atoms with Crippen LogP contribution in [0, 0.1) is 0 Å². The minimum absolute atomic E-state index is 0.646. The largest absolute Gasteiger partial charge is 0.376 e. The Balaban J connectivity index is 1.41. The van der Waals surface area contributed by atoms with Crippen LogP contribution in [-0.4, -0.2) is 10.2 Å². The van der Waals surface area contributed by atoms with Gasteiger partial charge in [-0.15, -0.1) is 0 Å². The van der Waals surface area contributed by atoms with Gasteiger partial charge in [-0.2, -0.15) is 0 Å². The third-order valence-corrected chi connectivity index (χ3v) is 8.78. The second-order valence-corrected chi connectivity index (χ2v) is 11.5. The van der Waals surface area contributed by atoms with E-state index in [1.54, 1.807) is 0 Å². The molecule has 2 atom stereocenters. The Bertz CT molecular complexity index is 1850. The van der Waals surface area contributed by atoms with E-state index >= 15 is 0 Å². The van der Waals surface area contributed by atoms with Gasteiger partial charge in [0.05, 0.1) is 0 Å². The number of hydrogen-bond acceptors (Lipinski definition) is 2. The third-order valence-electron chi connectivity index (χ3n) is 8.29. The van der Waals surface area contributed by atoms with Crippen LogP contribution >= 0.6 is 15.9 Å². The molecule has 0 fully saturated rings. The minimum atomic E-state index is -1.47. The average Bonchev–Trinajstić information content (AvgIpc) is 3.04. The van der Waals surface area contributed by atoms with Gasteiger partial charge in [-0.25, -0.2) is 0 Å². The Morgan fingerprint density at radius 3 is 1.20 bits per heavy atom. The molecule has 0 aliphatic heterocycles. The number of fused-ring (bicyclic) bond motifs is 2. The Kier molecular flexibility index (Phi) is 6.24. The molecule has 0 spiro atoms. The lowest BCUT2D eigenvalue weighted by atomic mass is 9.63. The summed E-state index contributed by atoms with van der Waals surface area (Å²) in [4.78, 5) is 0. The summed E-state index contributed by atoms with van der Waals surface area (Å²) < 4.78 is 0.830. The van der Waals surface area contributed by atoms with Crippen molar-refractivity contribution in [1.29, 1.82) is 0 Å². The summed E-state index contributed by atoms with van der Waals surface area (Å²) >= 11 is 3.63. The standard InChI is InChI=1S/C38H27BrO2/c39-32-23-24-35-36(25-32)38(41,31-21-17-29(18-22-31)27-11-5-2-6-12-27)34-14-8-7-13-33(34)37(35,40)30-19-15-28(16-20-30)26-9-3-1-4-10-26/h1-25,40-41H. The lowest BCUT2D eigenvalue weighted by Crippen LogP contribution is -2.44. The average molecular weight is 596 g/mol. The molecule has 2 N–H and O–H groups in total. The number of rotatable bonds is 4. The van der Waals surface area contributed by atoms with Crippen LogP contribution in [-0.2, 0) is 11.2 Å². The molecule has 0 saturated carbocycles. The van der Waals surface area contributed by atoms with Gasteiger partial charge in [0, 0.05) is 10.0 Å². The van der Waals surface area contributed by atoms with Gasteiger partial charge in [-0.1, -0.05) is 155 Å².